The number of hydrogen-bond donors (Lipinski definition) is 3. The van der Waals surface area contributed by atoms with E-state index in [0.29, 0.717) is 5.75 Å². The molecule has 11 heteroatoms. The van der Waals surface area contributed by atoms with Gasteiger partial charge >= 0.3 is 0 Å². The highest BCUT2D eigenvalue weighted by Crippen LogP contribution is 2.36. The molecule has 0 fully saturated rings. The smallest absolute Gasteiger partial charge is 0.296 e. The number of ether oxygens (including phenoxy) is 1. The van der Waals surface area contributed by atoms with Crippen LogP contribution in [-0.2, 0) is 26.7 Å². The second-order valence-electron chi connectivity index (χ2n) is 6.16. The summed E-state index contributed by atoms with van der Waals surface area (Å²) in [5.41, 5.74) is 0.958. The first-order valence-electron chi connectivity index (χ1n) is 8.23. The lowest BCUT2D eigenvalue weighted by molar-refractivity contribution is 0.465. The molecule has 154 valence electrons. The first kappa shape index (κ1) is 21.3. The maximum Gasteiger partial charge on any atom is 0.296 e. The fraction of sp³-hybridized carbons (Fsp3) is 0.111. The van der Waals surface area contributed by atoms with E-state index in [2.05, 4.69) is 5.32 Å². The monoisotopic (exact) mass is 454 g/mol. The van der Waals surface area contributed by atoms with Crippen molar-refractivity contribution < 1.29 is 26.1 Å². The highest BCUT2D eigenvalue weighted by Gasteiger charge is 2.25. The van der Waals surface area contributed by atoms with Gasteiger partial charge in [0, 0.05) is 17.5 Å². The molecule has 4 N–H and O–H groups in total. The van der Waals surface area contributed by atoms with Crippen molar-refractivity contribution in [3.8, 4) is 11.5 Å². The minimum atomic E-state index is -4.74. The van der Waals surface area contributed by atoms with E-state index in [1.165, 1.54) is 17.4 Å². The van der Waals surface area contributed by atoms with Crippen molar-refractivity contribution >= 4 is 37.2 Å². The van der Waals surface area contributed by atoms with Gasteiger partial charge in [0.15, 0.2) is 0 Å². The predicted octanol–water partition coefficient (Wildman–Crippen LogP) is 3.36. The molecule has 0 radical (unpaired) electrons. The normalized spacial score (nSPS) is 12.0. The lowest BCUT2D eigenvalue weighted by atomic mass is 10.2. The average molecular weight is 455 g/mol. The van der Waals surface area contributed by atoms with Crippen molar-refractivity contribution in [1.29, 1.82) is 0 Å². The molecule has 29 heavy (non-hydrogen) atoms. The van der Waals surface area contributed by atoms with Crippen molar-refractivity contribution in [2.24, 2.45) is 5.14 Å². The van der Waals surface area contributed by atoms with Gasteiger partial charge < -0.3 is 10.1 Å². The molecule has 8 nitrogen and oxygen atoms in total. The summed E-state index contributed by atoms with van der Waals surface area (Å²) in [6, 6.07) is 12.5. The van der Waals surface area contributed by atoms with Crippen LogP contribution in [0.2, 0.25) is 0 Å². The Labute approximate surface area is 172 Å². The number of nitrogens with one attached hydrogen (secondary N) is 1. The fourth-order valence-electron chi connectivity index (χ4n) is 2.52. The Morgan fingerprint density at radius 1 is 1.07 bits per heavy atom. The topological polar surface area (TPSA) is 136 Å². The summed E-state index contributed by atoms with van der Waals surface area (Å²) in [6.07, 6.45) is 0. The third kappa shape index (κ3) is 5.34. The molecular weight excluding hydrogens is 436 g/mol. The minimum absolute atomic E-state index is 0.0181. The lowest BCUT2D eigenvalue weighted by Gasteiger charge is -2.16. The van der Waals surface area contributed by atoms with Crippen molar-refractivity contribution in [1.82, 2.24) is 0 Å². The van der Waals surface area contributed by atoms with Gasteiger partial charge in [-0.25, -0.2) is 13.6 Å². The van der Waals surface area contributed by atoms with Gasteiger partial charge in [0.2, 0.25) is 10.0 Å². The molecule has 0 amide bonds. The van der Waals surface area contributed by atoms with Gasteiger partial charge in [-0.15, -0.1) is 11.3 Å². The third-order valence-electron chi connectivity index (χ3n) is 3.91. The third-order valence-corrected chi connectivity index (χ3v) is 6.61. The number of rotatable bonds is 7. The number of anilines is 1. The number of sulfonamides is 1. The fourth-order valence-corrected chi connectivity index (χ4v) is 4.58. The number of hydrogen-bond acceptors (Lipinski definition) is 7. The number of primary sulfonamides is 1. The first-order chi connectivity index (χ1) is 13.5. The van der Waals surface area contributed by atoms with Crippen LogP contribution < -0.4 is 15.2 Å². The molecule has 0 bridgehead atoms. The summed E-state index contributed by atoms with van der Waals surface area (Å²) in [4.78, 5) is -0.274. The average Bonchev–Trinajstić information content (AvgIpc) is 3.13. The van der Waals surface area contributed by atoms with Gasteiger partial charge in [-0.3, -0.25) is 4.55 Å². The molecule has 1 aromatic heterocycles. The largest absolute Gasteiger partial charge is 0.456 e. The van der Waals surface area contributed by atoms with E-state index in [0.717, 1.165) is 16.5 Å². The number of benzene rings is 2. The van der Waals surface area contributed by atoms with E-state index in [-0.39, 0.29) is 18.0 Å². The molecule has 0 saturated carbocycles. The molecule has 3 rings (SSSR count). The van der Waals surface area contributed by atoms with Gasteiger partial charge in [0.25, 0.3) is 10.1 Å². The van der Waals surface area contributed by atoms with Gasteiger partial charge in [0.05, 0.1) is 5.69 Å². The summed E-state index contributed by atoms with van der Waals surface area (Å²) in [5, 5.41) is 10.00. The first-order valence-corrected chi connectivity index (χ1v) is 12.1. The summed E-state index contributed by atoms with van der Waals surface area (Å²) in [7, 11) is -9.08. The maximum atomic E-state index is 12.0. The zero-order valence-electron chi connectivity index (χ0n) is 15.2. The molecule has 1 heterocycles. The molecule has 0 atom stereocenters. The van der Waals surface area contributed by atoms with E-state index >= 15 is 0 Å². The van der Waals surface area contributed by atoms with E-state index < -0.39 is 29.9 Å². The summed E-state index contributed by atoms with van der Waals surface area (Å²) in [6.45, 7) is 2.14. The summed E-state index contributed by atoms with van der Waals surface area (Å²) in [5.74, 6) is 0.168. The Kier molecular flexibility index (Phi) is 5.96. The molecule has 0 unspecified atom stereocenters. The quantitative estimate of drug-likeness (QED) is 0.466. The SMILES string of the molecule is Cc1ccc(Oc2cc(NCc3cccs3)c(S(=O)(=O)O)cc2S(N)(=O)=O)cc1. The Morgan fingerprint density at radius 2 is 1.76 bits per heavy atom. The number of thiophene rings is 1. The standard InChI is InChI=1S/C18H18N2O6S3/c1-12-4-6-13(7-5-12)26-16-9-15(20-11-14-3-2-8-27-14)17(29(23,24)25)10-18(16)28(19,21)22/h2-10,20H,11H2,1H3,(H2,19,21,22)(H,23,24,25). The van der Waals surface area contributed by atoms with Crippen molar-refractivity contribution in [3.63, 3.8) is 0 Å². The van der Waals surface area contributed by atoms with Crippen molar-refractivity contribution in [3.05, 3.63) is 64.4 Å². The Morgan fingerprint density at radius 3 is 2.31 bits per heavy atom. The second kappa shape index (κ2) is 8.13. The van der Waals surface area contributed by atoms with Gasteiger partial charge in [0.1, 0.15) is 21.3 Å². The Balaban J connectivity index is 2.11. The van der Waals surface area contributed by atoms with Crippen LogP contribution in [0.15, 0.2) is 63.7 Å². The summed E-state index contributed by atoms with van der Waals surface area (Å²) >= 11 is 1.45. The number of nitrogens with two attached hydrogens (primary N) is 1. The lowest BCUT2D eigenvalue weighted by Crippen LogP contribution is -2.15. The van der Waals surface area contributed by atoms with Crippen LogP contribution in [0.5, 0.6) is 11.5 Å². The molecule has 0 saturated heterocycles. The van der Waals surface area contributed by atoms with Crippen molar-refractivity contribution in [2.45, 2.75) is 23.3 Å². The van der Waals surface area contributed by atoms with Crippen LogP contribution in [0.25, 0.3) is 0 Å². The van der Waals surface area contributed by atoms with Crippen LogP contribution in [0.4, 0.5) is 5.69 Å². The predicted molar refractivity (Wildman–Crippen MR) is 111 cm³/mol. The Hall–Kier alpha value is -2.44. The van der Waals surface area contributed by atoms with E-state index in [1.807, 2.05) is 24.4 Å². The van der Waals surface area contributed by atoms with Crippen LogP contribution in [0.1, 0.15) is 10.4 Å². The molecule has 0 aliphatic heterocycles. The number of aryl methyl sites for hydroxylation is 1. The van der Waals surface area contributed by atoms with Crippen LogP contribution in [0, 0.1) is 6.92 Å². The maximum absolute atomic E-state index is 12.0. The molecule has 0 spiro atoms. The van der Waals surface area contributed by atoms with Gasteiger partial charge in [-0.1, -0.05) is 23.8 Å². The Bertz CT molecular complexity index is 1220. The zero-order valence-corrected chi connectivity index (χ0v) is 17.6. The van der Waals surface area contributed by atoms with Gasteiger partial charge in [-0.05, 0) is 36.6 Å². The highest BCUT2D eigenvalue weighted by molar-refractivity contribution is 7.89. The van der Waals surface area contributed by atoms with Crippen LogP contribution in [-0.4, -0.2) is 21.4 Å². The van der Waals surface area contributed by atoms with E-state index in [1.54, 1.807) is 24.3 Å². The molecular formula is C18H18N2O6S3. The van der Waals surface area contributed by atoms with Gasteiger partial charge in [-0.2, -0.15) is 8.42 Å². The van der Waals surface area contributed by atoms with E-state index in [9.17, 15) is 21.4 Å². The highest BCUT2D eigenvalue weighted by atomic mass is 32.2. The molecule has 0 aliphatic rings. The van der Waals surface area contributed by atoms with Crippen LogP contribution in [0.3, 0.4) is 0 Å². The second-order valence-corrected chi connectivity index (χ2v) is 10.1. The summed E-state index contributed by atoms with van der Waals surface area (Å²) < 4.78 is 63.0. The molecule has 3 aromatic rings. The van der Waals surface area contributed by atoms with Crippen LogP contribution >= 0.6 is 11.3 Å². The molecule has 0 aliphatic carbocycles. The molecule has 2 aromatic carbocycles. The van der Waals surface area contributed by atoms with Crippen molar-refractivity contribution in [2.75, 3.05) is 5.32 Å². The van der Waals surface area contributed by atoms with E-state index in [4.69, 9.17) is 9.88 Å². The zero-order chi connectivity index (χ0) is 21.2. The minimum Gasteiger partial charge on any atom is -0.456 e.